The lowest BCUT2D eigenvalue weighted by atomic mass is 10.2. The summed E-state index contributed by atoms with van der Waals surface area (Å²) in [5.41, 5.74) is 1.10. The maximum atomic E-state index is 11.3. The summed E-state index contributed by atoms with van der Waals surface area (Å²) in [4.78, 5) is 21.2. The topological polar surface area (TPSA) is 114 Å². The Kier molecular flexibility index (Phi) is 4.63. The molecule has 0 saturated carbocycles. The van der Waals surface area contributed by atoms with Crippen molar-refractivity contribution in [3.8, 4) is 5.75 Å². The number of phenols is 1. The first-order valence-electron chi connectivity index (χ1n) is 5.69. The number of nitrogens with zero attached hydrogens (tertiary/aromatic N) is 2. The first-order valence-corrected chi connectivity index (χ1v) is 5.69. The number of hydrazone groups is 1. The molecule has 0 bridgehead atoms. The Bertz CT molecular complexity index is 549. The van der Waals surface area contributed by atoms with Gasteiger partial charge in [0, 0.05) is 11.6 Å². The Balaban J connectivity index is 2.75. The minimum Gasteiger partial charge on any atom is -0.502 e. The van der Waals surface area contributed by atoms with Crippen molar-refractivity contribution in [3.05, 3.63) is 33.9 Å². The van der Waals surface area contributed by atoms with Gasteiger partial charge >= 0.3 is 11.8 Å². The molecule has 8 heteroatoms. The van der Waals surface area contributed by atoms with Crippen LogP contribution in [0.3, 0.4) is 0 Å². The summed E-state index contributed by atoms with van der Waals surface area (Å²) in [6.45, 7) is 5.09. The van der Waals surface area contributed by atoms with Crippen molar-refractivity contribution in [1.82, 2.24) is 5.43 Å². The maximum Gasteiger partial charge on any atom is 0.428 e. The van der Waals surface area contributed by atoms with E-state index in [0.717, 1.165) is 12.3 Å². The van der Waals surface area contributed by atoms with E-state index in [9.17, 15) is 20.0 Å². The molecule has 0 heterocycles. The van der Waals surface area contributed by atoms with E-state index in [1.54, 1.807) is 20.8 Å². The third kappa shape index (κ3) is 4.56. The summed E-state index contributed by atoms with van der Waals surface area (Å²) < 4.78 is 4.93. The highest BCUT2D eigenvalue weighted by molar-refractivity contribution is 5.86. The first kappa shape index (κ1) is 15.4. The number of carbonyl (C=O) groups is 1. The number of ether oxygens (including phenoxy) is 1. The number of hydrogen-bond donors (Lipinski definition) is 2. The fourth-order valence-corrected chi connectivity index (χ4v) is 1.26. The number of nitrogens with one attached hydrogen (secondary N) is 1. The zero-order chi connectivity index (χ0) is 15.3. The molecule has 2 N–H and O–H groups in total. The number of phenolic OH excluding ortho intramolecular Hbond substituents is 1. The molecule has 0 radical (unpaired) electrons. The monoisotopic (exact) mass is 281 g/mol. The first-order chi connectivity index (χ1) is 9.20. The highest BCUT2D eigenvalue weighted by Crippen LogP contribution is 2.27. The number of para-hydroxylation sites is 1. The number of hydrogen-bond acceptors (Lipinski definition) is 6. The van der Waals surface area contributed by atoms with Crippen molar-refractivity contribution in [3.63, 3.8) is 0 Å². The number of rotatable bonds is 3. The molecule has 1 rings (SSSR count). The van der Waals surface area contributed by atoms with Gasteiger partial charge in [0.25, 0.3) is 0 Å². The number of benzene rings is 1. The van der Waals surface area contributed by atoms with E-state index in [1.807, 2.05) is 0 Å². The van der Waals surface area contributed by atoms with Crippen LogP contribution >= 0.6 is 0 Å². The van der Waals surface area contributed by atoms with Gasteiger partial charge < -0.3 is 9.84 Å². The minimum atomic E-state index is -0.765. The molecular weight excluding hydrogens is 266 g/mol. The van der Waals surface area contributed by atoms with E-state index in [1.165, 1.54) is 12.1 Å². The average molecular weight is 281 g/mol. The summed E-state index contributed by atoms with van der Waals surface area (Å²) >= 11 is 0. The van der Waals surface area contributed by atoms with Crippen molar-refractivity contribution in [2.45, 2.75) is 26.4 Å². The molecule has 0 unspecified atom stereocenters. The van der Waals surface area contributed by atoms with E-state index in [-0.39, 0.29) is 5.56 Å². The lowest BCUT2D eigenvalue weighted by Crippen LogP contribution is -2.29. The van der Waals surface area contributed by atoms with Gasteiger partial charge in [0.05, 0.1) is 11.1 Å². The van der Waals surface area contributed by atoms with E-state index < -0.39 is 28.1 Å². The van der Waals surface area contributed by atoms with Crippen molar-refractivity contribution in [2.24, 2.45) is 5.10 Å². The molecule has 8 nitrogen and oxygen atoms in total. The molecule has 0 spiro atoms. The number of nitro benzene ring substituents is 1. The molecule has 0 aliphatic rings. The van der Waals surface area contributed by atoms with Crippen molar-refractivity contribution in [1.29, 1.82) is 0 Å². The number of carbonyl (C=O) groups excluding carboxylic acids is 1. The highest BCUT2D eigenvalue weighted by atomic mass is 16.6. The Morgan fingerprint density at radius 2 is 2.15 bits per heavy atom. The molecule has 0 saturated heterocycles. The lowest BCUT2D eigenvalue weighted by Gasteiger charge is -2.18. The van der Waals surface area contributed by atoms with Crippen molar-refractivity contribution < 1.29 is 19.6 Å². The molecule has 1 aromatic carbocycles. The van der Waals surface area contributed by atoms with Gasteiger partial charge in [-0.25, -0.2) is 10.2 Å². The van der Waals surface area contributed by atoms with Crippen LogP contribution in [0.5, 0.6) is 5.75 Å². The molecule has 0 aromatic heterocycles. The van der Waals surface area contributed by atoms with Gasteiger partial charge in [0.15, 0.2) is 0 Å². The van der Waals surface area contributed by atoms with Crippen LogP contribution in [-0.2, 0) is 4.74 Å². The molecule has 0 aliphatic carbocycles. The predicted octanol–water partition coefficient (Wildman–Crippen LogP) is 2.16. The second kappa shape index (κ2) is 6.00. The van der Waals surface area contributed by atoms with Crippen LogP contribution in [0.4, 0.5) is 10.5 Å². The zero-order valence-electron chi connectivity index (χ0n) is 11.3. The SMILES string of the molecule is CC(C)(C)OC(=O)N/N=C\c1cccc([N+](=O)[O-])c1O. The van der Waals surface area contributed by atoms with Gasteiger partial charge in [-0.1, -0.05) is 6.07 Å². The Labute approximate surface area is 115 Å². The summed E-state index contributed by atoms with van der Waals surface area (Å²) in [7, 11) is 0. The van der Waals surface area contributed by atoms with Gasteiger partial charge in [0.2, 0.25) is 5.75 Å². The third-order valence-corrected chi connectivity index (χ3v) is 2.00. The van der Waals surface area contributed by atoms with E-state index >= 15 is 0 Å². The summed E-state index contributed by atoms with van der Waals surface area (Å²) in [6, 6.07) is 3.98. The number of nitro groups is 1. The smallest absolute Gasteiger partial charge is 0.428 e. The second-order valence-electron chi connectivity index (χ2n) is 4.84. The van der Waals surface area contributed by atoms with Crippen LogP contribution in [0.25, 0.3) is 0 Å². The number of amides is 1. The zero-order valence-corrected chi connectivity index (χ0v) is 11.3. The Hall–Kier alpha value is -2.64. The quantitative estimate of drug-likeness (QED) is 0.500. The second-order valence-corrected chi connectivity index (χ2v) is 4.84. The molecule has 1 amide bonds. The summed E-state index contributed by atoms with van der Waals surface area (Å²) in [6.07, 6.45) is 0.324. The lowest BCUT2D eigenvalue weighted by molar-refractivity contribution is -0.385. The average Bonchev–Trinajstić information content (AvgIpc) is 2.28. The largest absolute Gasteiger partial charge is 0.502 e. The molecule has 0 atom stereocenters. The summed E-state index contributed by atoms with van der Waals surface area (Å²) in [5, 5.41) is 23.8. The van der Waals surface area contributed by atoms with Crippen LogP contribution < -0.4 is 5.43 Å². The van der Waals surface area contributed by atoms with Crippen molar-refractivity contribution in [2.75, 3.05) is 0 Å². The maximum absolute atomic E-state index is 11.3. The fourth-order valence-electron chi connectivity index (χ4n) is 1.26. The van der Waals surface area contributed by atoms with Gasteiger partial charge in [-0.05, 0) is 26.8 Å². The van der Waals surface area contributed by atoms with Crippen LogP contribution in [0.2, 0.25) is 0 Å². The van der Waals surface area contributed by atoms with Gasteiger partial charge in [-0.3, -0.25) is 10.1 Å². The van der Waals surface area contributed by atoms with E-state index in [0.29, 0.717) is 0 Å². The standard InChI is InChI=1S/C12H15N3O5/c1-12(2,3)20-11(17)14-13-7-8-5-4-6-9(10(8)16)15(18)19/h4-7,16H,1-3H3,(H,14,17)/b13-7-. The van der Waals surface area contributed by atoms with Crippen LogP contribution in [-0.4, -0.2) is 27.9 Å². The molecule has 108 valence electrons. The predicted molar refractivity (Wildman–Crippen MR) is 71.7 cm³/mol. The number of aromatic hydroxyl groups is 1. The van der Waals surface area contributed by atoms with Crippen LogP contribution in [0, 0.1) is 10.1 Å². The molecular formula is C12H15N3O5. The van der Waals surface area contributed by atoms with Crippen molar-refractivity contribution >= 4 is 18.0 Å². The summed E-state index contributed by atoms with van der Waals surface area (Å²) in [5.74, 6) is -0.521. The van der Waals surface area contributed by atoms with E-state index in [4.69, 9.17) is 4.74 Å². The minimum absolute atomic E-state index is 0.107. The fraction of sp³-hybridized carbons (Fsp3) is 0.333. The molecule has 1 aromatic rings. The highest BCUT2D eigenvalue weighted by Gasteiger charge is 2.16. The Morgan fingerprint density at radius 1 is 1.50 bits per heavy atom. The normalized spacial score (nSPS) is 11.3. The van der Waals surface area contributed by atoms with Gasteiger partial charge in [0.1, 0.15) is 5.60 Å². The molecule has 0 aliphatic heterocycles. The van der Waals surface area contributed by atoms with Gasteiger partial charge in [-0.15, -0.1) is 0 Å². The molecule has 0 fully saturated rings. The third-order valence-electron chi connectivity index (χ3n) is 2.00. The van der Waals surface area contributed by atoms with E-state index in [2.05, 4.69) is 10.5 Å². The van der Waals surface area contributed by atoms with Crippen LogP contribution in [0.1, 0.15) is 26.3 Å². The molecule has 20 heavy (non-hydrogen) atoms. The Morgan fingerprint density at radius 3 is 2.70 bits per heavy atom. The van der Waals surface area contributed by atoms with Gasteiger partial charge in [-0.2, -0.15) is 5.10 Å². The van der Waals surface area contributed by atoms with Crippen LogP contribution in [0.15, 0.2) is 23.3 Å².